The molecule has 3 aromatic rings. The van der Waals surface area contributed by atoms with E-state index < -0.39 is 0 Å². The molecule has 0 spiro atoms. The highest BCUT2D eigenvalue weighted by atomic mass is 14.8. The Morgan fingerprint density at radius 3 is 2.22 bits per heavy atom. The summed E-state index contributed by atoms with van der Waals surface area (Å²) in [6.45, 7) is 0. The van der Waals surface area contributed by atoms with Gasteiger partial charge in [-0.1, -0.05) is 60.7 Å². The molecule has 0 saturated carbocycles. The molecule has 0 radical (unpaired) electrons. The fraction of sp³-hybridized carbons (Fsp3) is 0.143. The van der Waals surface area contributed by atoms with E-state index in [4.69, 9.17) is 0 Å². The molecule has 1 atom stereocenters. The summed E-state index contributed by atoms with van der Waals surface area (Å²) >= 11 is 0. The number of fused-ring (bicyclic) bond motifs is 1. The van der Waals surface area contributed by atoms with Crippen LogP contribution in [-0.2, 0) is 6.42 Å². The van der Waals surface area contributed by atoms with Gasteiger partial charge in [0.15, 0.2) is 0 Å². The molecule has 2 nitrogen and oxygen atoms in total. The predicted octanol–water partition coefficient (Wildman–Crippen LogP) is 4.75. The molecule has 1 aliphatic carbocycles. The second kappa shape index (κ2) is 6.17. The second-order valence-electron chi connectivity index (χ2n) is 5.94. The first-order valence-electron chi connectivity index (χ1n) is 8.01. The Hall–Kier alpha value is -2.74. The lowest BCUT2D eigenvalue weighted by atomic mass is 9.87. The maximum Gasteiger partial charge on any atom is 0.0848 e. The summed E-state index contributed by atoms with van der Waals surface area (Å²) in [6.07, 6.45) is 7.72. The monoisotopic (exact) mass is 298 g/mol. The molecule has 0 amide bonds. The van der Waals surface area contributed by atoms with Crippen molar-refractivity contribution in [3.05, 3.63) is 95.6 Å². The number of aromatic nitrogens is 2. The summed E-state index contributed by atoms with van der Waals surface area (Å²) < 4.78 is 0. The van der Waals surface area contributed by atoms with Gasteiger partial charge in [-0.2, -0.15) is 0 Å². The average molecular weight is 298 g/mol. The van der Waals surface area contributed by atoms with Crippen LogP contribution in [-0.4, -0.2) is 9.97 Å². The lowest BCUT2D eigenvalue weighted by molar-refractivity contribution is 0.692. The standard InChI is InChI=1S/C21H18N2/c1-3-7-16(8-4-1)18-13-19(17-9-5-2-6-10-17)15-21-20(14-18)22-11-12-23-21/h1-12,14,19H,13,15H2. The van der Waals surface area contributed by atoms with Crippen molar-refractivity contribution >= 4 is 11.6 Å². The first-order valence-corrected chi connectivity index (χ1v) is 8.01. The molecule has 4 rings (SSSR count). The van der Waals surface area contributed by atoms with Crippen LogP contribution in [0.3, 0.4) is 0 Å². The summed E-state index contributed by atoms with van der Waals surface area (Å²) in [5.74, 6) is 0.431. The van der Waals surface area contributed by atoms with Crippen molar-refractivity contribution in [3.8, 4) is 0 Å². The van der Waals surface area contributed by atoms with Crippen LogP contribution >= 0.6 is 0 Å². The van der Waals surface area contributed by atoms with E-state index in [9.17, 15) is 0 Å². The van der Waals surface area contributed by atoms with E-state index in [2.05, 4.69) is 76.7 Å². The van der Waals surface area contributed by atoms with Gasteiger partial charge in [-0.05, 0) is 41.5 Å². The number of hydrogen-bond acceptors (Lipinski definition) is 2. The summed E-state index contributed by atoms with van der Waals surface area (Å²) in [4.78, 5) is 9.12. The van der Waals surface area contributed by atoms with Gasteiger partial charge in [0.05, 0.1) is 11.4 Å². The molecule has 0 bridgehead atoms. The molecule has 1 heterocycles. The number of hydrogen-bond donors (Lipinski definition) is 0. The van der Waals surface area contributed by atoms with Crippen LogP contribution in [0.15, 0.2) is 73.1 Å². The minimum atomic E-state index is 0.431. The van der Waals surface area contributed by atoms with Crippen LogP contribution in [0.25, 0.3) is 11.6 Å². The molecule has 112 valence electrons. The molecule has 0 fully saturated rings. The Bertz CT molecular complexity index is 823. The number of nitrogens with zero attached hydrogens (tertiary/aromatic N) is 2. The molecule has 0 N–H and O–H groups in total. The zero-order valence-corrected chi connectivity index (χ0v) is 12.9. The zero-order chi connectivity index (χ0) is 15.5. The Morgan fingerprint density at radius 2 is 1.43 bits per heavy atom. The third-order valence-corrected chi connectivity index (χ3v) is 4.44. The van der Waals surface area contributed by atoms with Crippen LogP contribution < -0.4 is 0 Å². The Balaban J connectivity index is 1.81. The van der Waals surface area contributed by atoms with Crippen molar-refractivity contribution in [2.24, 2.45) is 0 Å². The van der Waals surface area contributed by atoms with Gasteiger partial charge in [0.2, 0.25) is 0 Å². The molecule has 2 heteroatoms. The molecule has 1 aromatic heterocycles. The average Bonchev–Trinajstić information content (AvgIpc) is 2.83. The Kier molecular flexibility index (Phi) is 3.73. The lowest BCUT2D eigenvalue weighted by Crippen LogP contribution is -2.05. The van der Waals surface area contributed by atoms with Gasteiger partial charge in [0.25, 0.3) is 0 Å². The van der Waals surface area contributed by atoms with Crippen molar-refractivity contribution in [2.75, 3.05) is 0 Å². The first-order chi connectivity index (χ1) is 11.4. The van der Waals surface area contributed by atoms with Crippen molar-refractivity contribution in [1.82, 2.24) is 9.97 Å². The third-order valence-electron chi connectivity index (χ3n) is 4.44. The topological polar surface area (TPSA) is 25.8 Å². The summed E-state index contributed by atoms with van der Waals surface area (Å²) in [5, 5.41) is 0. The molecule has 2 aromatic carbocycles. The zero-order valence-electron chi connectivity index (χ0n) is 12.9. The van der Waals surface area contributed by atoms with Crippen molar-refractivity contribution in [1.29, 1.82) is 0 Å². The van der Waals surface area contributed by atoms with Gasteiger partial charge in [-0.15, -0.1) is 0 Å². The van der Waals surface area contributed by atoms with Crippen LogP contribution in [0.2, 0.25) is 0 Å². The molecule has 0 saturated heterocycles. The molecular formula is C21H18N2. The smallest absolute Gasteiger partial charge is 0.0848 e. The number of benzene rings is 2. The summed E-state index contributed by atoms with van der Waals surface area (Å²) in [5.41, 5.74) is 6.07. The highest BCUT2D eigenvalue weighted by molar-refractivity contribution is 5.82. The van der Waals surface area contributed by atoms with Crippen LogP contribution in [0.1, 0.15) is 34.9 Å². The summed E-state index contributed by atoms with van der Waals surface area (Å²) in [6, 6.07) is 21.3. The minimum absolute atomic E-state index is 0.431. The SMILES string of the molecule is C1=C(c2ccccc2)CC(c2ccccc2)Cc2nccnc21. The van der Waals surface area contributed by atoms with Gasteiger partial charge in [-0.3, -0.25) is 9.97 Å². The quantitative estimate of drug-likeness (QED) is 0.682. The highest BCUT2D eigenvalue weighted by Gasteiger charge is 2.21. The van der Waals surface area contributed by atoms with Gasteiger partial charge in [0.1, 0.15) is 0 Å². The largest absolute Gasteiger partial charge is 0.257 e. The molecule has 23 heavy (non-hydrogen) atoms. The first kappa shape index (κ1) is 13.9. The van der Waals surface area contributed by atoms with Gasteiger partial charge < -0.3 is 0 Å². The van der Waals surface area contributed by atoms with E-state index in [-0.39, 0.29) is 0 Å². The predicted molar refractivity (Wildman–Crippen MR) is 93.8 cm³/mol. The van der Waals surface area contributed by atoms with Gasteiger partial charge in [0, 0.05) is 12.4 Å². The maximum atomic E-state index is 4.58. The fourth-order valence-corrected chi connectivity index (χ4v) is 3.26. The molecule has 0 aliphatic heterocycles. The number of rotatable bonds is 2. The normalized spacial score (nSPS) is 17.0. The van der Waals surface area contributed by atoms with Gasteiger partial charge >= 0.3 is 0 Å². The van der Waals surface area contributed by atoms with Crippen LogP contribution in [0.5, 0.6) is 0 Å². The van der Waals surface area contributed by atoms with Crippen molar-refractivity contribution in [2.45, 2.75) is 18.8 Å². The van der Waals surface area contributed by atoms with Crippen molar-refractivity contribution < 1.29 is 0 Å². The fourth-order valence-electron chi connectivity index (χ4n) is 3.26. The van der Waals surface area contributed by atoms with Crippen LogP contribution in [0, 0.1) is 0 Å². The second-order valence-corrected chi connectivity index (χ2v) is 5.94. The molecule has 1 unspecified atom stereocenters. The highest BCUT2D eigenvalue weighted by Crippen LogP contribution is 2.36. The van der Waals surface area contributed by atoms with Crippen molar-refractivity contribution in [3.63, 3.8) is 0 Å². The van der Waals surface area contributed by atoms with E-state index >= 15 is 0 Å². The third kappa shape index (κ3) is 2.93. The lowest BCUT2D eigenvalue weighted by Gasteiger charge is -2.17. The van der Waals surface area contributed by atoms with E-state index in [1.54, 1.807) is 12.4 Å². The Morgan fingerprint density at radius 1 is 0.739 bits per heavy atom. The molecular weight excluding hydrogens is 280 g/mol. The number of allylic oxidation sites excluding steroid dienone is 1. The minimum Gasteiger partial charge on any atom is -0.257 e. The van der Waals surface area contributed by atoms with Gasteiger partial charge in [-0.25, -0.2) is 0 Å². The van der Waals surface area contributed by atoms with E-state index in [1.807, 2.05) is 0 Å². The maximum absolute atomic E-state index is 4.58. The summed E-state index contributed by atoms with van der Waals surface area (Å²) in [7, 11) is 0. The van der Waals surface area contributed by atoms with E-state index in [0.717, 1.165) is 24.2 Å². The van der Waals surface area contributed by atoms with E-state index in [0.29, 0.717) is 5.92 Å². The molecule has 1 aliphatic rings. The van der Waals surface area contributed by atoms with Crippen LogP contribution in [0.4, 0.5) is 0 Å². The van der Waals surface area contributed by atoms with E-state index in [1.165, 1.54) is 16.7 Å². The Labute approximate surface area is 136 Å².